The van der Waals surface area contributed by atoms with Crippen molar-refractivity contribution in [3.8, 4) is 0 Å². The van der Waals surface area contributed by atoms with Gasteiger partial charge in [0.2, 0.25) is 0 Å². The average molecular weight is 516 g/mol. The van der Waals surface area contributed by atoms with Crippen LogP contribution in [0.5, 0.6) is 0 Å². The zero-order valence-corrected chi connectivity index (χ0v) is 19.3. The first-order chi connectivity index (χ1) is 17.1. The first kappa shape index (κ1) is 28.4. The molecule has 0 bridgehead atoms. The van der Waals surface area contributed by atoms with Crippen LogP contribution in [-0.4, -0.2) is 116 Å². The van der Waals surface area contributed by atoms with E-state index in [9.17, 15) is 45.3 Å². The molecule has 7 N–H and O–H groups in total. The van der Waals surface area contributed by atoms with Crippen LogP contribution in [0.25, 0.3) is 0 Å². The molecule has 0 saturated carbocycles. The third-order valence-electron chi connectivity index (χ3n) is 6.19. The van der Waals surface area contributed by atoms with E-state index in [1.165, 1.54) is 0 Å². The molecule has 1 aromatic carbocycles. The highest BCUT2D eigenvalue weighted by Crippen LogP contribution is 2.36. The Morgan fingerprint density at radius 1 is 0.833 bits per heavy atom. The van der Waals surface area contributed by atoms with Gasteiger partial charge in [-0.1, -0.05) is 30.3 Å². The van der Waals surface area contributed by atoms with Gasteiger partial charge in [0.25, 0.3) is 0 Å². The summed E-state index contributed by atoms with van der Waals surface area (Å²) in [7, 11) is 0. The molecule has 2 heterocycles. The summed E-state index contributed by atoms with van der Waals surface area (Å²) in [5.74, 6) is -3.88. The number of hydrogen-bond acceptors (Lipinski definition) is 13. The van der Waals surface area contributed by atoms with Crippen molar-refractivity contribution in [3.05, 3.63) is 35.9 Å². The Kier molecular flexibility index (Phi) is 9.74. The minimum atomic E-state index is -2.47. The molecule has 0 aromatic heterocycles. The van der Waals surface area contributed by atoms with E-state index in [0.29, 0.717) is 0 Å². The molecule has 2 aliphatic rings. The van der Waals surface area contributed by atoms with Crippen molar-refractivity contribution in [2.75, 3.05) is 13.2 Å². The van der Waals surface area contributed by atoms with Gasteiger partial charge in [0.15, 0.2) is 5.79 Å². The smallest absolute Gasteiger partial charge is 0.306 e. The lowest BCUT2D eigenvalue weighted by Crippen LogP contribution is -2.60. The van der Waals surface area contributed by atoms with Gasteiger partial charge in [-0.05, 0) is 5.56 Å². The number of carbonyl (C=O) groups excluding carboxylic acids is 2. The molecule has 1 aromatic rings. The standard InChI is InChI=1S/C23H32O13/c24-9-14-19(28)21(30)18(27)13(35-14)8-23(32)22(31)20(29)15(36-23)11-34-17(26)7-6-16(25)33-10-12-4-2-1-3-5-12/h1-5,13-15,18-22,24,27-32H,6-11H2/t13-,14-,15-,18+,19-,20-,21-,22+,23?/m1/s1. The molecule has 0 aliphatic carbocycles. The summed E-state index contributed by atoms with van der Waals surface area (Å²) < 4.78 is 20.7. The summed E-state index contributed by atoms with van der Waals surface area (Å²) in [6.07, 6.45) is -13.8. The largest absolute Gasteiger partial charge is 0.463 e. The van der Waals surface area contributed by atoms with Gasteiger partial charge in [0, 0.05) is 6.42 Å². The zero-order valence-electron chi connectivity index (χ0n) is 19.3. The van der Waals surface area contributed by atoms with Crippen molar-refractivity contribution in [2.45, 2.75) is 80.5 Å². The van der Waals surface area contributed by atoms with E-state index < -0.39 is 86.2 Å². The van der Waals surface area contributed by atoms with Crippen molar-refractivity contribution in [3.63, 3.8) is 0 Å². The van der Waals surface area contributed by atoms with Crippen LogP contribution in [0.1, 0.15) is 24.8 Å². The van der Waals surface area contributed by atoms with Gasteiger partial charge >= 0.3 is 11.9 Å². The van der Waals surface area contributed by atoms with Gasteiger partial charge in [-0.2, -0.15) is 0 Å². The van der Waals surface area contributed by atoms with E-state index in [4.69, 9.17) is 18.9 Å². The molecular formula is C23H32O13. The number of aliphatic hydroxyl groups excluding tert-OH is 6. The maximum Gasteiger partial charge on any atom is 0.306 e. The van der Waals surface area contributed by atoms with Gasteiger partial charge in [-0.3, -0.25) is 9.59 Å². The Bertz CT molecular complexity index is 865. The van der Waals surface area contributed by atoms with Gasteiger partial charge in [-0.25, -0.2) is 0 Å². The minimum absolute atomic E-state index is 0.0573. The van der Waals surface area contributed by atoms with E-state index in [1.54, 1.807) is 24.3 Å². The summed E-state index contributed by atoms with van der Waals surface area (Å²) in [6, 6.07) is 8.97. The molecule has 2 saturated heterocycles. The third kappa shape index (κ3) is 6.76. The Morgan fingerprint density at radius 3 is 2.08 bits per heavy atom. The highest BCUT2D eigenvalue weighted by atomic mass is 16.7. The predicted octanol–water partition coefficient (Wildman–Crippen LogP) is -2.91. The highest BCUT2D eigenvalue weighted by Gasteiger charge is 2.56. The quantitative estimate of drug-likeness (QED) is 0.156. The molecule has 3 rings (SSSR count). The van der Waals surface area contributed by atoms with Crippen LogP contribution < -0.4 is 0 Å². The Labute approximate surface area is 206 Å². The topological polar surface area (TPSA) is 213 Å². The second kappa shape index (κ2) is 12.4. The van der Waals surface area contributed by atoms with Gasteiger partial charge in [0.1, 0.15) is 55.9 Å². The molecule has 13 heteroatoms. The van der Waals surface area contributed by atoms with Crippen molar-refractivity contribution in [1.29, 1.82) is 0 Å². The molecular weight excluding hydrogens is 484 g/mol. The maximum atomic E-state index is 12.0. The summed E-state index contributed by atoms with van der Waals surface area (Å²) in [4.78, 5) is 23.8. The fraction of sp³-hybridized carbons (Fsp3) is 0.652. The monoisotopic (exact) mass is 516 g/mol. The summed E-state index contributed by atoms with van der Waals surface area (Å²) in [5.41, 5.74) is 0.788. The van der Waals surface area contributed by atoms with Crippen LogP contribution in [0.3, 0.4) is 0 Å². The maximum absolute atomic E-state index is 12.0. The van der Waals surface area contributed by atoms with Crippen LogP contribution in [0.15, 0.2) is 30.3 Å². The first-order valence-corrected chi connectivity index (χ1v) is 11.5. The Hall–Kier alpha value is -2.20. The van der Waals surface area contributed by atoms with Crippen LogP contribution >= 0.6 is 0 Å². The average Bonchev–Trinajstić information content (AvgIpc) is 3.09. The number of rotatable bonds is 10. The molecule has 13 nitrogen and oxygen atoms in total. The molecule has 2 aliphatic heterocycles. The number of ether oxygens (including phenoxy) is 4. The number of esters is 2. The zero-order chi connectivity index (χ0) is 26.5. The van der Waals surface area contributed by atoms with E-state index in [0.717, 1.165) is 5.56 Å². The fourth-order valence-electron chi connectivity index (χ4n) is 4.07. The SMILES string of the molecule is O=C(CCC(=O)OC[C@H]1OC(O)(C[C@H]2O[C@H](CO)[C@@H](O)[C@H](O)[C@H]2O)[C@@H](O)[C@@H]1O)OCc1ccccc1. The lowest BCUT2D eigenvalue weighted by Gasteiger charge is -2.42. The summed E-state index contributed by atoms with van der Waals surface area (Å²) in [5, 5.41) is 70.5. The second-order valence-electron chi connectivity index (χ2n) is 8.84. The minimum Gasteiger partial charge on any atom is -0.463 e. The molecule has 0 amide bonds. The molecule has 0 radical (unpaired) electrons. The predicted molar refractivity (Wildman–Crippen MR) is 117 cm³/mol. The molecule has 36 heavy (non-hydrogen) atoms. The number of aliphatic hydroxyl groups is 7. The Morgan fingerprint density at radius 2 is 1.44 bits per heavy atom. The van der Waals surface area contributed by atoms with Crippen LogP contribution in [0, 0.1) is 0 Å². The second-order valence-corrected chi connectivity index (χ2v) is 8.84. The lowest BCUT2D eigenvalue weighted by atomic mass is 9.89. The van der Waals surface area contributed by atoms with Crippen molar-refractivity contribution in [2.24, 2.45) is 0 Å². The van der Waals surface area contributed by atoms with Gasteiger partial charge < -0.3 is 54.7 Å². The van der Waals surface area contributed by atoms with E-state index in [1.807, 2.05) is 6.07 Å². The fourth-order valence-corrected chi connectivity index (χ4v) is 4.07. The number of carbonyl (C=O) groups is 2. The first-order valence-electron chi connectivity index (χ1n) is 11.5. The third-order valence-corrected chi connectivity index (χ3v) is 6.19. The van der Waals surface area contributed by atoms with Crippen LogP contribution in [0.4, 0.5) is 0 Å². The summed E-state index contributed by atoms with van der Waals surface area (Å²) >= 11 is 0. The van der Waals surface area contributed by atoms with Crippen LogP contribution in [0.2, 0.25) is 0 Å². The molecule has 9 atom stereocenters. The molecule has 202 valence electrons. The van der Waals surface area contributed by atoms with Crippen molar-refractivity contribution in [1.82, 2.24) is 0 Å². The van der Waals surface area contributed by atoms with Crippen molar-refractivity contribution < 1.29 is 64.3 Å². The summed E-state index contributed by atoms with van der Waals surface area (Å²) in [6.45, 7) is -1.20. The molecule has 1 unspecified atom stereocenters. The molecule has 0 spiro atoms. The van der Waals surface area contributed by atoms with Gasteiger partial charge in [-0.15, -0.1) is 0 Å². The highest BCUT2D eigenvalue weighted by molar-refractivity contribution is 5.77. The van der Waals surface area contributed by atoms with E-state index in [-0.39, 0.29) is 19.4 Å². The lowest BCUT2D eigenvalue weighted by molar-refractivity contribution is -0.283. The normalized spacial score (nSPS) is 36.4. The number of benzene rings is 1. The van der Waals surface area contributed by atoms with E-state index in [2.05, 4.69) is 0 Å². The van der Waals surface area contributed by atoms with Crippen LogP contribution in [-0.2, 0) is 35.1 Å². The molecule has 2 fully saturated rings. The van der Waals surface area contributed by atoms with E-state index >= 15 is 0 Å². The van der Waals surface area contributed by atoms with Gasteiger partial charge in [0.05, 0.1) is 25.6 Å². The van der Waals surface area contributed by atoms with Crippen molar-refractivity contribution >= 4 is 11.9 Å². The number of hydrogen-bond donors (Lipinski definition) is 7. The Balaban J connectivity index is 1.45.